The van der Waals surface area contributed by atoms with Crippen molar-refractivity contribution in [3.63, 3.8) is 0 Å². The molecule has 0 bridgehead atoms. The van der Waals surface area contributed by atoms with E-state index in [9.17, 15) is 13.2 Å². The van der Waals surface area contributed by atoms with Gasteiger partial charge in [-0.25, -0.2) is 17.9 Å². The van der Waals surface area contributed by atoms with Crippen molar-refractivity contribution < 1.29 is 23.1 Å². The smallest absolute Gasteiger partial charge is 0.341 e. The van der Waals surface area contributed by atoms with Gasteiger partial charge < -0.3 is 9.84 Å². The lowest BCUT2D eigenvalue weighted by Crippen LogP contribution is -2.35. The molecule has 1 unspecified atom stereocenters. The molecule has 114 valence electrons. The summed E-state index contributed by atoms with van der Waals surface area (Å²) in [5.41, 5.74) is 0. The SMILES string of the molecule is O=C(O)COc1ccc(S(=O)(=O)NC2CC=CCC2)cc1. The second-order valence-corrected chi connectivity index (χ2v) is 6.47. The molecule has 2 N–H and O–H groups in total. The molecule has 6 nitrogen and oxygen atoms in total. The third kappa shape index (κ3) is 4.57. The maximum atomic E-state index is 12.2. The van der Waals surface area contributed by atoms with Gasteiger partial charge in [0, 0.05) is 6.04 Å². The van der Waals surface area contributed by atoms with Gasteiger partial charge in [0.05, 0.1) is 4.90 Å². The standard InChI is InChI=1S/C14H17NO5S/c16-14(17)10-20-12-6-8-13(9-7-12)21(18,19)15-11-4-2-1-3-5-11/h1-2,6-9,11,15H,3-5,10H2,(H,16,17). The highest BCUT2D eigenvalue weighted by Crippen LogP contribution is 2.18. The minimum atomic E-state index is -3.56. The molecule has 0 spiro atoms. The van der Waals surface area contributed by atoms with Gasteiger partial charge in [0.25, 0.3) is 0 Å². The van der Waals surface area contributed by atoms with Gasteiger partial charge in [0.2, 0.25) is 10.0 Å². The number of rotatable bonds is 6. The maximum Gasteiger partial charge on any atom is 0.341 e. The summed E-state index contributed by atoms with van der Waals surface area (Å²) in [6, 6.07) is 5.61. The lowest BCUT2D eigenvalue weighted by molar-refractivity contribution is -0.139. The summed E-state index contributed by atoms with van der Waals surface area (Å²) < 4.78 is 32.0. The molecule has 2 rings (SSSR count). The molecule has 1 atom stereocenters. The number of allylic oxidation sites excluding steroid dienone is 1. The number of aliphatic carboxylic acids is 1. The van der Waals surface area contributed by atoms with Crippen LogP contribution in [0.15, 0.2) is 41.3 Å². The fraction of sp³-hybridized carbons (Fsp3) is 0.357. The molecule has 0 amide bonds. The van der Waals surface area contributed by atoms with Crippen molar-refractivity contribution in [1.29, 1.82) is 0 Å². The molecule has 0 saturated heterocycles. The highest BCUT2D eigenvalue weighted by molar-refractivity contribution is 7.89. The van der Waals surface area contributed by atoms with E-state index in [0.29, 0.717) is 12.2 Å². The van der Waals surface area contributed by atoms with Crippen molar-refractivity contribution in [2.75, 3.05) is 6.61 Å². The number of benzene rings is 1. The van der Waals surface area contributed by atoms with Crippen molar-refractivity contribution in [2.24, 2.45) is 0 Å². The van der Waals surface area contributed by atoms with E-state index in [2.05, 4.69) is 4.72 Å². The number of sulfonamides is 1. The summed E-state index contributed by atoms with van der Waals surface area (Å²) in [4.78, 5) is 10.5. The van der Waals surface area contributed by atoms with Gasteiger partial charge in [-0.05, 0) is 43.5 Å². The van der Waals surface area contributed by atoms with Crippen LogP contribution < -0.4 is 9.46 Å². The molecule has 0 heterocycles. The van der Waals surface area contributed by atoms with E-state index >= 15 is 0 Å². The average Bonchev–Trinajstić information content (AvgIpc) is 2.46. The van der Waals surface area contributed by atoms with Crippen LogP contribution in [-0.4, -0.2) is 32.1 Å². The highest BCUT2D eigenvalue weighted by atomic mass is 32.2. The highest BCUT2D eigenvalue weighted by Gasteiger charge is 2.20. The quantitative estimate of drug-likeness (QED) is 0.777. The molecule has 1 aromatic carbocycles. The fourth-order valence-electron chi connectivity index (χ4n) is 2.05. The zero-order valence-electron chi connectivity index (χ0n) is 11.4. The molecule has 0 saturated carbocycles. The molecule has 0 fully saturated rings. The van der Waals surface area contributed by atoms with E-state index in [0.717, 1.165) is 12.8 Å². The van der Waals surface area contributed by atoms with Gasteiger partial charge in [-0.15, -0.1) is 0 Å². The molecule has 1 aliphatic carbocycles. The third-order valence-electron chi connectivity index (χ3n) is 3.09. The van der Waals surface area contributed by atoms with Gasteiger partial charge in [-0.2, -0.15) is 0 Å². The predicted molar refractivity (Wildman–Crippen MR) is 76.7 cm³/mol. The van der Waals surface area contributed by atoms with Crippen LogP contribution in [-0.2, 0) is 14.8 Å². The summed E-state index contributed by atoms with van der Waals surface area (Å²) >= 11 is 0. The monoisotopic (exact) mass is 311 g/mol. The zero-order chi connectivity index (χ0) is 15.3. The maximum absolute atomic E-state index is 12.2. The van der Waals surface area contributed by atoms with Crippen LogP contribution in [0.1, 0.15) is 19.3 Å². The van der Waals surface area contributed by atoms with Gasteiger partial charge >= 0.3 is 5.97 Å². The zero-order valence-corrected chi connectivity index (χ0v) is 12.2. The second kappa shape index (κ2) is 6.73. The largest absolute Gasteiger partial charge is 0.482 e. The molecule has 0 aromatic heterocycles. The molecule has 21 heavy (non-hydrogen) atoms. The number of carboxylic acid groups (broad SMARTS) is 1. The summed E-state index contributed by atoms with van der Waals surface area (Å²) in [5.74, 6) is -0.768. The fourth-order valence-corrected chi connectivity index (χ4v) is 3.33. The lowest BCUT2D eigenvalue weighted by atomic mass is 10.0. The first kappa shape index (κ1) is 15.5. The Hall–Kier alpha value is -1.86. The van der Waals surface area contributed by atoms with Crippen molar-refractivity contribution in [2.45, 2.75) is 30.2 Å². The number of hydrogen-bond donors (Lipinski definition) is 2. The molecule has 1 aromatic rings. The first-order valence-corrected chi connectivity index (χ1v) is 8.08. The van der Waals surface area contributed by atoms with E-state index in [1.165, 1.54) is 24.3 Å². The third-order valence-corrected chi connectivity index (χ3v) is 4.62. The van der Waals surface area contributed by atoms with E-state index in [4.69, 9.17) is 9.84 Å². The first-order valence-electron chi connectivity index (χ1n) is 6.59. The van der Waals surface area contributed by atoms with Crippen LogP contribution in [0.3, 0.4) is 0 Å². The number of carboxylic acids is 1. The van der Waals surface area contributed by atoms with Crippen LogP contribution in [0.4, 0.5) is 0 Å². The van der Waals surface area contributed by atoms with Crippen LogP contribution in [0.25, 0.3) is 0 Å². The number of ether oxygens (including phenoxy) is 1. The van der Waals surface area contributed by atoms with E-state index in [-0.39, 0.29) is 10.9 Å². The minimum absolute atomic E-state index is 0.0806. The molecule has 0 radical (unpaired) electrons. The van der Waals surface area contributed by atoms with Crippen LogP contribution in [0.2, 0.25) is 0 Å². The summed E-state index contributed by atoms with van der Waals surface area (Å²) in [6.45, 7) is -0.460. The Labute approximate surface area is 123 Å². The van der Waals surface area contributed by atoms with Crippen LogP contribution in [0, 0.1) is 0 Å². The second-order valence-electron chi connectivity index (χ2n) is 4.76. The predicted octanol–water partition coefficient (Wildman–Crippen LogP) is 1.54. The summed E-state index contributed by atoms with van der Waals surface area (Å²) in [7, 11) is -3.56. The van der Waals surface area contributed by atoms with Crippen molar-refractivity contribution in [3.8, 4) is 5.75 Å². The Kier molecular flexibility index (Phi) is 4.98. The molecule has 0 aliphatic heterocycles. The van der Waals surface area contributed by atoms with Crippen molar-refractivity contribution >= 4 is 16.0 Å². The topological polar surface area (TPSA) is 92.7 Å². The van der Waals surface area contributed by atoms with Gasteiger partial charge in [-0.3, -0.25) is 0 Å². The Morgan fingerprint density at radius 3 is 2.57 bits per heavy atom. The van der Waals surface area contributed by atoms with Gasteiger partial charge in [0.1, 0.15) is 5.75 Å². The number of nitrogens with one attached hydrogen (secondary N) is 1. The van der Waals surface area contributed by atoms with Gasteiger partial charge in [-0.1, -0.05) is 12.2 Å². The Morgan fingerprint density at radius 2 is 2.00 bits per heavy atom. The van der Waals surface area contributed by atoms with Gasteiger partial charge in [0.15, 0.2) is 6.61 Å². The van der Waals surface area contributed by atoms with Crippen molar-refractivity contribution in [3.05, 3.63) is 36.4 Å². The molecular weight excluding hydrogens is 294 g/mol. The Balaban J connectivity index is 2.02. The minimum Gasteiger partial charge on any atom is -0.482 e. The summed E-state index contributed by atoms with van der Waals surface area (Å²) in [5, 5.41) is 8.50. The van der Waals surface area contributed by atoms with E-state index in [1.807, 2.05) is 12.2 Å². The summed E-state index contributed by atoms with van der Waals surface area (Å²) in [6.07, 6.45) is 6.36. The van der Waals surface area contributed by atoms with Crippen LogP contribution in [0.5, 0.6) is 5.75 Å². The van der Waals surface area contributed by atoms with Crippen LogP contribution >= 0.6 is 0 Å². The first-order chi connectivity index (χ1) is 9.97. The van der Waals surface area contributed by atoms with Crippen molar-refractivity contribution in [1.82, 2.24) is 4.72 Å². The number of hydrogen-bond acceptors (Lipinski definition) is 4. The van der Waals surface area contributed by atoms with E-state index in [1.54, 1.807) is 0 Å². The normalized spacial score (nSPS) is 18.4. The van der Waals surface area contributed by atoms with E-state index < -0.39 is 22.6 Å². The lowest BCUT2D eigenvalue weighted by Gasteiger charge is -2.19. The molecule has 1 aliphatic rings. The molecule has 7 heteroatoms. The Bertz CT molecular complexity index is 621. The average molecular weight is 311 g/mol. The molecular formula is C14H17NO5S. The Morgan fingerprint density at radius 1 is 1.29 bits per heavy atom. The number of carbonyl (C=O) groups is 1.